The van der Waals surface area contributed by atoms with E-state index >= 15 is 0 Å². The van der Waals surface area contributed by atoms with Crippen LogP contribution in [0.4, 0.5) is 4.79 Å². The topological polar surface area (TPSA) is 144 Å². The van der Waals surface area contributed by atoms with Gasteiger partial charge in [-0.3, -0.25) is 9.69 Å². The first kappa shape index (κ1) is 30.3. The van der Waals surface area contributed by atoms with Crippen LogP contribution in [0, 0.1) is 12.8 Å². The SMILES string of the molecule is CCCn1cc(C[C@H](c2nc(C(=O)O)c(C)o2)N(C(=O)NC2CCCCC2)C(=O)[C@@H](N)CC(C)C)c2ccccc21. The van der Waals surface area contributed by atoms with E-state index in [1.54, 1.807) is 0 Å². The molecular formula is C31H43N5O5. The fourth-order valence-electron chi connectivity index (χ4n) is 5.84. The molecule has 0 radical (unpaired) electrons. The zero-order chi connectivity index (χ0) is 29.7. The molecule has 41 heavy (non-hydrogen) atoms. The highest BCUT2D eigenvalue weighted by Gasteiger charge is 2.39. The average Bonchev–Trinajstić information content (AvgIpc) is 3.49. The molecule has 1 fully saturated rings. The lowest BCUT2D eigenvalue weighted by atomic mass is 9.95. The number of aryl methyl sites for hydroxylation is 2. The van der Waals surface area contributed by atoms with Crippen molar-refractivity contribution in [1.29, 1.82) is 0 Å². The first-order valence-corrected chi connectivity index (χ1v) is 14.8. The number of nitrogens with zero attached hydrogens (tertiary/aromatic N) is 3. The number of oxazole rings is 1. The fraction of sp³-hybridized carbons (Fsp3) is 0.548. The molecule has 10 heteroatoms. The first-order chi connectivity index (χ1) is 19.6. The van der Waals surface area contributed by atoms with E-state index in [-0.39, 0.29) is 35.7 Å². The molecule has 1 aromatic carbocycles. The maximum Gasteiger partial charge on any atom is 0.358 e. The Balaban J connectivity index is 1.83. The summed E-state index contributed by atoms with van der Waals surface area (Å²) >= 11 is 0. The smallest absolute Gasteiger partial charge is 0.358 e. The molecule has 0 saturated heterocycles. The number of rotatable bonds is 11. The zero-order valence-electron chi connectivity index (χ0n) is 24.6. The number of benzene rings is 1. The maximum atomic E-state index is 14.0. The van der Waals surface area contributed by atoms with Crippen LogP contribution in [-0.4, -0.2) is 49.5 Å². The predicted octanol–water partition coefficient (Wildman–Crippen LogP) is 5.57. The number of para-hydroxylation sites is 1. The number of nitrogens with one attached hydrogen (secondary N) is 1. The minimum Gasteiger partial charge on any atom is -0.476 e. The van der Waals surface area contributed by atoms with Crippen LogP contribution >= 0.6 is 0 Å². The predicted molar refractivity (Wildman–Crippen MR) is 157 cm³/mol. The molecule has 10 nitrogen and oxygen atoms in total. The Morgan fingerprint density at radius 1 is 1.20 bits per heavy atom. The highest BCUT2D eigenvalue weighted by atomic mass is 16.4. The van der Waals surface area contributed by atoms with Gasteiger partial charge in [0.2, 0.25) is 11.8 Å². The van der Waals surface area contributed by atoms with Gasteiger partial charge in [-0.05, 0) is 50.2 Å². The number of nitrogens with two attached hydrogens (primary N) is 1. The minimum absolute atomic E-state index is 0.00360. The van der Waals surface area contributed by atoms with E-state index in [4.69, 9.17) is 10.2 Å². The molecular weight excluding hydrogens is 522 g/mol. The fourth-order valence-corrected chi connectivity index (χ4v) is 5.84. The first-order valence-electron chi connectivity index (χ1n) is 14.8. The lowest BCUT2D eigenvalue weighted by Crippen LogP contribution is -2.54. The summed E-state index contributed by atoms with van der Waals surface area (Å²) in [5.41, 5.74) is 8.09. The van der Waals surface area contributed by atoms with Crippen molar-refractivity contribution in [1.82, 2.24) is 19.8 Å². The number of amides is 3. The van der Waals surface area contributed by atoms with Gasteiger partial charge in [0.1, 0.15) is 11.8 Å². The third kappa shape index (κ3) is 6.98. The van der Waals surface area contributed by atoms with E-state index in [1.165, 1.54) is 6.92 Å². The van der Waals surface area contributed by atoms with Crippen LogP contribution in [0.3, 0.4) is 0 Å². The second kappa shape index (κ2) is 13.3. The lowest BCUT2D eigenvalue weighted by molar-refractivity contribution is -0.132. The number of imide groups is 1. The molecule has 3 amide bonds. The molecule has 3 aromatic rings. The van der Waals surface area contributed by atoms with E-state index in [2.05, 4.69) is 21.8 Å². The zero-order valence-corrected chi connectivity index (χ0v) is 24.6. The molecule has 4 N–H and O–H groups in total. The third-order valence-corrected chi connectivity index (χ3v) is 7.79. The quantitative estimate of drug-likeness (QED) is 0.275. The number of carboxylic acid groups (broad SMARTS) is 1. The van der Waals surface area contributed by atoms with Gasteiger partial charge in [0.15, 0.2) is 5.69 Å². The van der Waals surface area contributed by atoms with E-state index in [0.29, 0.717) is 6.42 Å². The van der Waals surface area contributed by atoms with Crippen LogP contribution in [0.5, 0.6) is 0 Å². The second-order valence-corrected chi connectivity index (χ2v) is 11.6. The summed E-state index contributed by atoms with van der Waals surface area (Å²) in [4.78, 5) is 45.3. The highest BCUT2D eigenvalue weighted by Crippen LogP contribution is 2.32. The average molecular weight is 566 g/mol. The Morgan fingerprint density at radius 3 is 2.54 bits per heavy atom. The van der Waals surface area contributed by atoms with E-state index in [0.717, 1.165) is 66.4 Å². The van der Waals surface area contributed by atoms with Crippen LogP contribution in [-0.2, 0) is 17.8 Å². The van der Waals surface area contributed by atoms with Gasteiger partial charge in [0.25, 0.3) is 0 Å². The molecule has 2 heterocycles. The van der Waals surface area contributed by atoms with Crippen molar-refractivity contribution < 1.29 is 23.9 Å². The third-order valence-electron chi connectivity index (χ3n) is 7.79. The van der Waals surface area contributed by atoms with Gasteiger partial charge in [0.05, 0.1) is 6.04 Å². The lowest BCUT2D eigenvalue weighted by Gasteiger charge is -2.33. The summed E-state index contributed by atoms with van der Waals surface area (Å²) in [5.74, 6) is -1.54. The Kier molecular flexibility index (Phi) is 9.86. The van der Waals surface area contributed by atoms with Gasteiger partial charge in [-0.1, -0.05) is 58.2 Å². The largest absolute Gasteiger partial charge is 0.476 e. The Labute approximate surface area is 241 Å². The Morgan fingerprint density at radius 2 is 1.90 bits per heavy atom. The summed E-state index contributed by atoms with van der Waals surface area (Å²) in [6, 6.07) is 5.44. The van der Waals surface area contributed by atoms with Crippen LogP contribution in [0.2, 0.25) is 0 Å². The molecule has 222 valence electrons. The van der Waals surface area contributed by atoms with Crippen molar-refractivity contribution >= 4 is 28.8 Å². The number of hydrogen-bond acceptors (Lipinski definition) is 6. The monoisotopic (exact) mass is 565 g/mol. The van der Waals surface area contributed by atoms with E-state index < -0.39 is 30.0 Å². The number of carbonyl (C=O) groups is 3. The Bertz CT molecular complexity index is 1370. The molecule has 0 bridgehead atoms. The van der Waals surface area contributed by atoms with Crippen LogP contribution < -0.4 is 11.1 Å². The van der Waals surface area contributed by atoms with Crippen molar-refractivity contribution in [3.63, 3.8) is 0 Å². The van der Waals surface area contributed by atoms with Gasteiger partial charge in [-0.25, -0.2) is 14.6 Å². The molecule has 1 aliphatic rings. The van der Waals surface area contributed by atoms with Gasteiger partial charge >= 0.3 is 12.0 Å². The normalized spacial score (nSPS) is 15.7. The van der Waals surface area contributed by atoms with E-state index in [1.807, 2.05) is 44.3 Å². The summed E-state index contributed by atoms with van der Waals surface area (Å²) in [6.45, 7) is 8.36. The van der Waals surface area contributed by atoms with Crippen molar-refractivity contribution in [2.24, 2.45) is 11.7 Å². The van der Waals surface area contributed by atoms with Gasteiger partial charge in [-0.2, -0.15) is 0 Å². The molecule has 2 aromatic heterocycles. The molecule has 4 rings (SSSR count). The van der Waals surface area contributed by atoms with Gasteiger partial charge in [-0.15, -0.1) is 0 Å². The molecule has 1 aliphatic carbocycles. The number of aromatic nitrogens is 2. The van der Waals surface area contributed by atoms with Crippen LogP contribution in [0.25, 0.3) is 10.9 Å². The number of carboxylic acids is 1. The van der Waals surface area contributed by atoms with Crippen molar-refractivity contribution in [3.8, 4) is 0 Å². The summed E-state index contributed by atoms with van der Waals surface area (Å²) < 4.78 is 8.05. The van der Waals surface area contributed by atoms with Gasteiger partial charge in [0, 0.05) is 36.1 Å². The second-order valence-electron chi connectivity index (χ2n) is 11.6. The Hall–Kier alpha value is -3.66. The summed E-state index contributed by atoms with van der Waals surface area (Å²) in [7, 11) is 0. The van der Waals surface area contributed by atoms with Crippen LogP contribution in [0.15, 0.2) is 34.9 Å². The highest BCUT2D eigenvalue weighted by molar-refractivity contribution is 5.98. The maximum absolute atomic E-state index is 14.0. The molecule has 0 unspecified atom stereocenters. The van der Waals surface area contributed by atoms with Crippen molar-refractivity contribution in [3.05, 3.63) is 53.4 Å². The number of aromatic carboxylic acids is 1. The molecule has 0 aliphatic heterocycles. The van der Waals surface area contributed by atoms with Crippen molar-refractivity contribution in [2.45, 2.75) is 104 Å². The van der Waals surface area contributed by atoms with Gasteiger partial charge < -0.3 is 25.1 Å². The summed E-state index contributed by atoms with van der Waals surface area (Å²) in [6.07, 6.45) is 8.34. The molecule has 2 atom stereocenters. The minimum atomic E-state index is -1.24. The van der Waals surface area contributed by atoms with Crippen molar-refractivity contribution in [2.75, 3.05) is 0 Å². The summed E-state index contributed by atoms with van der Waals surface area (Å²) in [5, 5.41) is 13.8. The number of fused-ring (bicyclic) bond motifs is 1. The standard InChI is InChI=1S/C31H43N5O5/c1-5-15-35-18-21(23-13-9-10-14-25(23)35)17-26(28-34-27(30(38)39)20(4)41-28)36(29(37)24(32)16-19(2)3)31(40)33-22-11-7-6-8-12-22/h9-10,13-14,18-19,22,24,26H,5-8,11-12,15-17,32H2,1-4H3,(H,33,40)(H,38,39)/t24-,26+/m0/s1. The molecule has 0 spiro atoms. The number of hydrogen-bond donors (Lipinski definition) is 3. The van der Waals surface area contributed by atoms with E-state index in [9.17, 15) is 19.5 Å². The van der Waals surface area contributed by atoms with Crippen LogP contribution in [0.1, 0.15) is 99.5 Å². The number of carbonyl (C=O) groups excluding carboxylic acids is 2. The molecule has 1 saturated carbocycles. The number of urea groups is 1.